The lowest BCUT2D eigenvalue weighted by Crippen LogP contribution is -2.43. The molecule has 1 aromatic carbocycles. The SMILES string of the molecule is Cc1ccc(F)c(OC(C)C(=O)N2CCCCC2)c1. The molecule has 0 N–H and O–H groups in total. The van der Waals surface area contributed by atoms with E-state index in [0.717, 1.165) is 31.5 Å². The summed E-state index contributed by atoms with van der Waals surface area (Å²) >= 11 is 0. The minimum atomic E-state index is -0.644. The summed E-state index contributed by atoms with van der Waals surface area (Å²) in [4.78, 5) is 14.0. The molecule has 1 aliphatic heterocycles. The molecule has 4 heteroatoms. The molecular formula is C15H20FNO2. The number of carbonyl (C=O) groups is 1. The Morgan fingerprint density at radius 1 is 1.32 bits per heavy atom. The molecule has 1 atom stereocenters. The van der Waals surface area contributed by atoms with E-state index in [4.69, 9.17) is 4.74 Å². The van der Waals surface area contributed by atoms with Crippen LogP contribution in [0.5, 0.6) is 5.75 Å². The molecule has 0 bridgehead atoms. The van der Waals surface area contributed by atoms with Crippen molar-refractivity contribution >= 4 is 5.91 Å². The monoisotopic (exact) mass is 265 g/mol. The fourth-order valence-electron chi connectivity index (χ4n) is 2.31. The summed E-state index contributed by atoms with van der Waals surface area (Å²) in [5, 5.41) is 0. The first-order chi connectivity index (χ1) is 9.08. The van der Waals surface area contributed by atoms with Crippen LogP contribution in [0.3, 0.4) is 0 Å². The number of rotatable bonds is 3. The molecule has 0 saturated carbocycles. The van der Waals surface area contributed by atoms with Crippen molar-refractivity contribution in [2.24, 2.45) is 0 Å². The van der Waals surface area contributed by atoms with Crippen molar-refractivity contribution in [3.63, 3.8) is 0 Å². The molecule has 2 rings (SSSR count). The van der Waals surface area contributed by atoms with E-state index in [0.29, 0.717) is 0 Å². The highest BCUT2D eigenvalue weighted by Crippen LogP contribution is 2.20. The summed E-state index contributed by atoms with van der Waals surface area (Å²) in [7, 11) is 0. The van der Waals surface area contributed by atoms with Gasteiger partial charge in [0.1, 0.15) is 0 Å². The molecular weight excluding hydrogens is 245 g/mol. The second-order valence-electron chi connectivity index (χ2n) is 5.08. The third-order valence-electron chi connectivity index (χ3n) is 3.41. The maximum absolute atomic E-state index is 13.6. The zero-order chi connectivity index (χ0) is 13.8. The summed E-state index contributed by atoms with van der Waals surface area (Å²) < 4.78 is 19.1. The first kappa shape index (κ1) is 13.8. The molecule has 1 heterocycles. The number of halogens is 1. The molecule has 19 heavy (non-hydrogen) atoms. The Bertz CT molecular complexity index is 455. The van der Waals surface area contributed by atoms with Crippen molar-refractivity contribution in [3.8, 4) is 5.75 Å². The van der Waals surface area contributed by atoms with E-state index in [1.807, 2.05) is 11.8 Å². The van der Waals surface area contributed by atoms with Crippen molar-refractivity contribution in [1.29, 1.82) is 0 Å². The van der Waals surface area contributed by atoms with Gasteiger partial charge in [0.2, 0.25) is 0 Å². The highest BCUT2D eigenvalue weighted by molar-refractivity contribution is 5.81. The van der Waals surface area contributed by atoms with E-state index >= 15 is 0 Å². The largest absolute Gasteiger partial charge is 0.478 e. The Morgan fingerprint density at radius 3 is 2.68 bits per heavy atom. The van der Waals surface area contributed by atoms with Crippen LogP contribution in [-0.4, -0.2) is 30.0 Å². The second-order valence-corrected chi connectivity index (χ2v) is 5.08. The van der Waals surface area contributed by atoms with Gasteiger partial charge in [-0.1, -0.05) is 6.07 Å². The predicted octanol–water partition coefficient (Wildman–Crippen LogP) is 2.91. The third kappa shape index (κ3) is 3.46. The Kier molecular flexibility index (Phi) is 4.40. The molecule has 1 unspecified atom stereocenters. The molecule has 0 radical (unpaired) electrons. The molecule has 104 valence electrons. The number of nitrogens with zero attached hydrogens (tertiary/aromatic N) is 1. The van der Waals surface area contributed by atoms with Crippen LogP contribution in [0.25, 0.3) is 0 Å². The number of benzene rings is 1. The van der Waals surface area contributed by atoms with Crippen LogP contribution in [0.2, 0.25) is 0 Å². The summed E-state index contributed by atoms with van der Waals surface area (Å²) in [5.41, 5.74) is 0.911. The van der Waals surface area contributed by atoms with Crippen LogP contribution in [0.1, 0.15) is 31.7 Å². The maximum atomic E-state index is 13.6. The van der Waals surface area contributed by atoms with Gasteiger partial charge in [0.05, 0.1) is 0 Å². The number of amides is 1. The fraction of sp³-hybridized carbons (Fsp3) is 0.533. The van der Waals surface area contributed by atoms with E-state index in [1.54, 1.807) is 19.1 Å². The first-order valence-electron chi connectivity index (χ1n) is 6.79. The normalized spacial score (nSPS) is 17.1. The number of hydrogen-bond acceptors (Lipinski definition) is 2. The minimum absolute atomic E-state index is 0.0550. The molecule has 0 aliphatic carbocycles. The van der Waals surface area contributed by atoms with Gasteiger partial charge in [0.25, 0.3) is 5.91 Å². The molecule has 1 amide bonds. The van der Waals surface area contributed by atoms with Gasteiger partial charge in [-0.2, -0.15) is 0 Å². The van der Waals surface area contributed by atoms with Crippen LogP contribution in [-0.2, 0) is 4.79 Å². The molecule has 1 aliphatic rings. The van der Waals surface area contributed by atoms with Crippen LogP contribution in [0.15, 0.2) is 18.2 Å². The average molecular weight is 265 g/mol. The van der Waals surface area contributed by atoms with Crippen LogP contribution < -0.4 is 4.74 Å². The van der Waals surface area contributed by atoms with Crippen molar-refractivity contribution in [3.05, 3.63) is 29.6 Å². The lowest BCUT2D eigenvalue weighted by atomic mass is 10.1. The molecule has 3 nitrogen and oxygen atoms in total. The summed E-state index contributed by atoms with van der Waals surface area (Å²) in [6.07, 6.45) is 2.61. The van der Waals surface area contributed by atoms with Crippen molar-refractivity contribution < 1.29 is 13.9 Å². The number of piperidine rings is 1. The molecule has 1 fully saturated rings. The van der Waals surface area contributed by atoms with Gasteiger partial charge in [0, 0.05) is 13.1 Å². The molecule has 0 aromatic heterocycles. The van der Waals surface area contributed by atoms with E-state index in [1.165, 1.54) is 12.5 Å². The van der Waals surface area contributed by atoms with Gasteiger partial charge in [-0.3, -0.25) is 4.79 Å². The van der Waals surface area contributed by atoms with Crippen LogP contribution >= 0.6 is 0 Å². The number of aryl methyl sites for hydroxylation is 1. The van der Waals surface area contributed by atoms with Gasteiger partial charge < -0.3 is 9.64 Å². The average Bonchev–Trinajstić information content (AvgIpc) is 2.43. The number of carbonyl (C=O) groups excluding carboxylic acids is 1. The van der Waals surface area contributed by atoms with Crippen LogP contribution in [0.4, 0.5) is 4.39 Å². The Morgan fingerprint density at radius 2 is 2.00 bits per heavy atom. The van der Waals surface area contributed by atoms with E-state index in [2.05, 4.69) is 0 Å². The Hall–Kier alpha value is -1.58. The van der Waals surface area contributed by atoms with Gasteiger partial charge in [-0.15, -0.1) is 0 Å². The van der Waals surface area contributed by atoms with E-state index in [-0.39, 0.29) is 11.7 Å². The minimum Gasteiger partial charge on any atom is -0.478 e. The van der Waals surface area contributed by atoms with E-state index in [9.17, 15) is 9.18 Å². The van der Waals surface area contributed by atoms with Crippen molar-refractivity contribution in [2.45, 2.75) is 39.2 Å². The number of hydrogen-bond donors (Lipinski definition) is 0. The van der Waals surface area contributed by atoms with Gasteiger partial charge in [-0.25, -0.2) is 4.39 Å². The summed E-state index contributed by atoms with van der Waals surface area (Å²) in [6.45, 7) is 5.10. The third-order valence-corrected chi connectivity index (χ3v) is 3.41. The lowest BCUT2D eigenvalue weighted by molar-refractivity contribution is -0.138. The zero-order valence-corrected chi connectivity index (χ0v) is 11.5. The van der Waals surface area contributed by atoms with Crippen molar-refractivity contribution in [2.75, 3.05) is 13.1 Å². The topological polar surface area (TPSA) is 29.5 Å². The predicted molar refractivity (Wildman–Crippen MR) is 71.7 cm³/mol. The van der Waals surface area contributed by atoms with Gasteiger partial charge >= 0.3 is 0 Å². The second kappa shape index (κ2) is 6.04. The van der Waals surface area contributed by atoms with Crippen molar-refractivity contribution in [1.82, 2.24) is 4.90 Å². The standard InChI is InChI=1S/C15H20FNO2/c1-11-6-7-13(16)14(10-11)19-12(2)15(18)17-8-4-3-5-9-17/h6-7,10,12H,3-5,8-9H2,1-2H3. The smallest absolute Gasteiger partial charge is 0.263 e. The summed E-state index contributed by atoms with van der Waals surface area (Å²) in [6, 6.07) is 4.66. The molecule has 1 aromatic rings. The highest BCUT2D eigenvalue weighted by atomic mass is 19.1. The molecule has 0 spiro atoms. The van der Waals surface area contributed by atoms with Gasteiger partial charge in [0.15, 0.2) is 17.7 Å². The first-order valence-corrected chi connectivity index (χ1v) is 6.79. The molecule has 1 saturated heterocycles. The van der Waals surface area contributed by atoms with Gasteiger partial charge in [-0.05, 0) is 50.8 Å². The highest BCUT2D eigenvalue weighted by Gasteiger charge is 2.24. The van der Waals surface area contributed by atoms with E-state index < -0.39 is 11.9 Å². The lowest BCUT2D eigenvalue weighted by Gasteiger charge is -2.29. The number of likely N-dealkylation sites (tertiary alicyclic amines) is 1. The quantitative estimate of drug-likeness (QED) is 0.841. The maximum Gasteiger partial charge on any atom is 0.263 e. The van der Waals surface area contributed by atoms with Crippen LogP contribution in [0, 0.1) is 12.7 Å². The summed E-state index contributed by atoms with van der Waals surface area (Å²) in [5.74, 6) is -0.331. The Balaban J connectivity index is 2.01. The fourth-order valence-corrected chi connectivity index (χ4v) is 2.31. The Labute approximate surface area is 113 Å². The zero-order valence-electron chi connectivity index (χ0n) is 11.5. The number of ether oxygens (including phenoxy) is 1.